The molecule has 10 nitrogen and oxygen atoms in total. The third-order valence-electron chi connectivity index (χ3n) is 10.3. The zero-order valence-electron chi connectivity index (χ0n) is 26.7. The predicted octanol–water partition coefficient (Wildman–Crippen LogP) is 4.57. The number of hydrogen-bond donors (Lipinski definition) is 2. The summed E-state index contributed by atoms with van der Waals surface area (Å²) in [6.45, 7) is 9.04. The third kappa shape index (κ3) is 6.23. The zero-order valence-corrected chi connectivity index (χ0v) is 26.7. The van der Waals surface area contributed by atoms with E-state index in [9.17, 15) is 14.4 Å². The van der Waals surface area contributed by atoms with Gasteiger partial charge in [-0.2, -0.15) is 0 Å². The van der Waals surface area contributed by atoms with Crippen molar-refractivity contribution in [1.82, 2.24) is 25.1 Å². The molecule has 3 amide bonds. The maximum Gasteiger partial charge on any atom is 0.255 e. The third-order valence-corrected chi connectivity index (χ3v) is 10.3. The molecular formula is C36H43N7O3. The lowest BCUT2D eigenvalue weighted by molar-refractivity contribution is -0.137. The zero-order chi connectivity index (χ0) is 31.8. The van der Waals surface area contributed by atoms with Gasteiger partial charge < -0.3 is 15.1 Å². The van der Waals surface area contributed by atoms with Gasteiger partial charge in [-0.3, -0.25) is 24.6 Å². The molecule has 2 atom stereocenters. The number of imide groups is 1. The number of rotatable bonds is 7. The predicted molar refractivity (Wildman–Crippen MR) is 177 cm³/mol. The summed E-state index contributed by atoms with van der Waals surface area (Å²) in [4.78, 5) is 52.9. The Hall–Kier alpha value is -4.31. The topological polar surface area (TPSA) is 111 Å². The molecule has 3 fully saturated rings. The van der Waals surface area contributed by atoms with Gasteiger partial charge in [-0.15, -0.1) is 0 Å². The number of piperidine rings is 3. The van der Waals surface area contributed by atoms with E-state index in [-0.39, 0.29) is 30.2 Å². The largest absolute Gasteiger partial charge is 0.371 e. The van der Waals surface area contributed by atoms with Gasteiger partial charge in [-0.05, 0) is 105 Å². The number of likely N-dealkylation sites (tertiary alicyclic amines) is 1. The van der Waals surface area contributed by atoms with Crippen molar-refractivity contribution in [1.29, 1.82) is 0 Å². The number of hydrogen-bond acceptors (Lipinski definition) is 8. The average Bonchev–Trinajstić information content (AvgIpc) is 3.32. The van der Waals surface area contributed by atoms with Crippen LogP contribution in [0.3, 0.4) is 0 Å². The number of anilines is 2. The molecule has 2 aromatic carbocycles. The summed E-state index contributed by atoms with van der Waals surface area (Å²) in [6.07, 6.45) is 8.63. The molecule has 1 aromatic heterocycles. The molecule has 46 heavy (non-hydrogen) atoms. The van der Waals surface area contributed by atoms with Crippen molar-refractivity contribution >= 4 is 29.4 Å². The van der Waals surface area contributed by atoms with Crippen molar-refractivity contribution in [2.24, 2.45) is 0 Å². The van der Waals surface area contributed by atoms with Crippen LogP contribution in [0.15, 0.2) is 54.9 Å². The summed E-state index contributed by atoms with van der Waals surface area (Å²) >= 11 is 0. The standard InChI is InChI=1S/C36H43N7O3/c1-23-20-37-36(38-21-23)39-28-13-17-42(18-14-28)29-6-3-25(4-7-29)22-41-15-11-26(12-16-41)27-5-8-30-31(19-27)24(2)43(35(30)46)32-9-10-33(44)40-34(32)45/h3-8,19-21,24,26,28,32H,9-18,22H2,1-2H3,(H,37,38,39)(H,40,44,45)/t24?,32-/m0/s1. The van der Waals surface area contributed by atoms with Crippen LogP contribution < -0.4 is 15.5 Å². The van der Waals surface area contributed by atoms with Gasteiger partial charge in [-0.1, -0.05) is 24.3 Å². The van der Waals surface area contributed by atoms with Crippen LogP contribution in [-0.4, -0.2) is 75.8 Å². The van der Waals surface area contributed by atoms with Crippen LogP contribution >= 0.6 is 0 Å². The molecule has 2 N–H and O–H groups in total. The lowest BCUT2D eigenvalue weighted by Crippen LogP contribution is -2.53. The van der Waals surface area contributed by atoms with Crippen molar-refractivity contribution in [3.63, 3.8) is 0 Å². The Morgan fingerprint density at radius 3 is 2.30 bits per heavy atom. The Bertz CT molecular complexity index is 1590. The molecule has 240 valence electrons. The van der Waals surface area contributed by atoms with E-state index in [1.165, 1.54) is 16.8 Å². The van der Waals surface area contributed by atoms with Crippen molar-refractivity contribution < 1.29 is 14.4 Å². The van der Waals surface area contributed by atoms with Gasteiger partial charge in [0.25, 0.3) is 5.91 Å². The Morgan fingerprint density at radius 2 is 1.61 bits per heavy atom. The molecule has 0 spiro atoms. The lowest BCUT2D eigenvalue weighted by Gasteiger charge is -2.34. The van der Waals surface area contributed by atoms with Gasteiger partial charge in [0.2, 0.25) is 17.8 Å². The van der Waals surface area contributed by atoms with Gasteiger partial charge in [0.1, 0.15) is 6.04 Å². The van der Waals surface area contributed by atoms with Crippen molar-refractivity contribution in [2.75, 3.05) is 36.4 Å². The summed E-state index contributed by atoms with van der Waals surface area (Å²) < 4.78 is 0. The van der Waals surface area contributed by atoms with Crippen molar-refractivity contribution in [3.8, 4) is 0 Å². The molecule has 1 unspecified atom stereocenters. The number of aryl methyl sites for hydroxylation is 1. The lowest BCUT2D eigenvalue weighted by atomic mass is 9.87. The van der Waals surface area contributed by atoms with Crippen molar-refractivity contribution in [2.45, 2.75) is 83.0 Å². The van der Waals surface area contributed by atoms with Gasteiger partial charge in [0.15, 0.2) is 0 Å². The van der Waals surface area contributed by atoms with E-state index in [1.54, 1.807) is 4.90 Å². The normalized spacial score (nSPS) is 23.0. The van der Waals surface area contributed by atoms with Gasteiger partial charge in [0, 0.05) is 55.7 Å². The highest BCUT2D eigenvalue weighted by molar-refractivity contribution is 6.05. The van der Waals surface area contributed by atoms with E-state index >= 15 is 0 Å². The second kappa shape index (κ2) is 12.8. The minimum Gasteiger partial charge on any atom is -0.371 e. The first-order chi connectivity index (χ1) is 22.3. The Balaban J connectivity index is 0.896. The molecule has 5 heterocycles. The fraction of sp³-hybridized carbons (Fsp3) is 0.472. The van der Waals surface area contributed by atoms with Gasteiger partial charge >= 0.3 is 0 Å². The van der Waals surface area contributed by atoms with E-state index < -0.39 is 6.04 Å². The molecule has 4 aliphatic heterocycles. The Morgan fingerprint density at radius 1 is 0.891 bits per heavy atom. The van der Waals surface area contributed by atoms with Crippen LogP contribution in [0.2, 0.25) is 0 Å². The highest BCUT2D eigenvalue weighted by atomic mass is 16.2. The number of carbonyl (C=O) groups excluding carboxylic acids is 3. The van der Waals surface area contributed by atoms with E-state index in [2.05, 4.69) is 66.8 Å². The monoisotopic (exact) mass is 621 g/mol. The molecule has 3 aromatic rings. The van der Waals surface area contributed by atoms with Crippen LogP contribution in [0.1, 0.15) is 90.0 Å². The minimum absolute atomic E-state index is 0.112. The number of fused-ring (bicyclic) bond motifs is 1. The number of carbonyl (C=O) groups is 3. The molecular weight excluding hydrogens is 578 g/mol. The van der Waals surface area contributed by atoms with Crippen LogP contribution in [0.4, 0.5) is 11.6 Å². The SMILES string of the molecule is Cc1cnc(NC2CCN(c3ccc(CN4CCC(c5ccc6c(c5)C(C)N([C@H]5CCC(=O)NC5=O)C6=O)CC4)cc3)CC2)nc1. The summed E-state index contributed by atoms with van der Waals surface area (Å²) in [6, 6.07) is 14.9. The first-order valence-corrected chi connectivity index (χ1v) is 16.7. The summed E-state index contributed by atoms with van der Waals surface area (Å²) in [5.41, 5.74) is 6.65. The maximum absolute atomic E-state index is 13.3. The van der Waals surface area contributed by atoms with Crippen LogP contribution in [0.5, 0.6) is 0 Å². The first kappa shape index (κ1) is 30.3. The average molecular weight is 622 g/mol. The minimum atomic E-state index is -0.595. The molecule has 0 radical (unpaired) electrons. The first-order valence-electron chi connectivity index (χ1n) is 16.7. The fourth-order valence-electron chi connectivity index (χ4n) is 7.63. The van der Waals surface area contributed by atoms with E-state index in [0.29, 0.717) is 29.9 Å². The van der Waals surface area contributed by atoms with Gasteiger partial charge in [-0.25, -0.2) is 9.97 Å². The van der Waals surface area contributed by atoms with Crippen LogP contribution in [-0.2, 0) is 16.1 Å². The Kier molecular flexibility index (Phi) is 8.46. The molecule has 0 aliphatic carbocycles. The number of aromatic nitrogens is 2. The fourth-order valence-corrected chi connectivity index (χ4v) is 7.63. The number of nitrogens with zero attached hydrogens (tertiary/aromatic N) is 5. The molecule has 3 saturated heterocycles. The smallest absolute Gasteiger partial charge is 0.255 e. The summed E-state index contributed by atoms with van der Waals surface area (Å²) in [7, 11) is 0. The van der Waals surface area contributed by atoms with E-state index in [1.807, 2.05) is 32.3 Å². The maximum atomic E-state index is 13.3. The summed E-state index contributed by atoms with van der Waals surface area (Å²) in [5.74, 6) is 0.423. The number of amides is 3. The molecule has 7 rings (SSSR count). The van der Waals surface area contributed by atoms with Crippen LogP contribution in [0.25, 0.3) is 0 Å². The number of nitrogens with one attached hydrogen (secondary N) is 2. The highest BCUT2D eigenvalue weighted by Crippen LogP contribution is 2.39. The number of benzene rings is 2. The van der Waals surface area contributed by atoms with Crippen molar-refractivity contribution in [3.05, 3.63) is 82.7 Å². The quantitative estimate of drug-likeness (QED) is 0.370. The molecule has 4 aliphatic rings. The van der Waals surface area contributed by atoms with Gasteiger partial charge in [0.05, 0.1) is 6.04 Å². The van der Waals surface area contributed by atoms with E-state index in [0.717, 1.165) is 69.5 Å². The molecule has 0 bridgehead atoms. The second-order valence-corrected chi connectivity index (χ2v) is 13.4. The molecule has 0 saturated carbocycles. The molecule has 10 heteroatoms. The van der Waals surface area contributed by atoms with E-state index in [4.69, 9.17) is 0 Å². The summed E-state index contributed by atoms with van der Waals surface area (Å²) in [5, 5.41) is 5.89. The highest BCUT2D eigenvalue weighted by Gasteiger charge is 2.43. The second-order valence-electron chi connectivity index (χ2n) is 13.4. The Labute approximate surface area is 270 Å². The van der Waals surface area contributed by atoms with Crippen LogP contribution in [0, 0.1) is 6.92 Å².